The second kappa shape index (κ2) is 7.22. The molecule has 0 radical (unpaired) electrons. The molecule has 2 amide bonds. The van der Waals surface area contributed by atoms with Gasteiger partial charge in [-0.1, -0.05) is 12.1 Å². The van der Waals surface area contributed by atoms with Gasteiger partial charge in [-0.2, -0.15) is 0 Å². The quantitative estimate of drug-likeness (QED) is 0.709. The van der Waals surface area contributed by atoms with Gasteiger partial charge in [0.2, 0.25) is 17.8 Å². The van der Waals surface area contributed by atoms with E-state index in [1.54, 1.807) is 30.2 Å². The van der Waals surface area contributed by atoms with Gasteiger partial charge in [-0.05, 0) is 24.3 Å². The van der Waals surface area contributed by atoms with Crippen LogP contribution in [0.4, 0.5) is 11.6 Å². The number of nitrogens with zero attached hydrogens (tertiary/aromatic N) is 2. The largest absolute Gasteiger partial charge is 0.497 e. The normalized spacial score (nSPS) is 16.4. The lowest BCUT2D eigenvalue weighted by Crippen LogP contribution is -2.28. The average Bonchev–Trinajstić information content (AvgIpc) is 3.30. The van der Waals surface area contributed by atoms with Gasteiger partial charge in [-0.15, -0.1) is 0 Å². The number of H-pyrrole nitrogens is 1. The van der Waals surface area contributed by atoms with Crippen LogP contribution in [0.1, 0.15) is 6.42 Å². The zero-order valence-corrected chi connectivity index (χ0v) is 15.6. The fraction of sp³-hybridized carbons (Fsp3) is 0.250. The number of hydrogen-bond acceptors (Lipinski definition) is 5. The number of amides is 2. The highest BCUT2D eigenvalue weighted by Gasteiger charge is 2.36. The molecule has 0 spiro atoms. The van der Waals surface area contributed by atoms with Crippen molar-refractivity contribution in [1.29, 1.82) is 0 Å². The first-order chi connectivity index (χ1) is 13.6. The molecule has 2 heterocycles. The fourth-order valence-corrected chi connectivity index (χ4v) is 3.35. The molecule has 0 bridgehead atoms. The van der Waals surface area contributed by atoms with E-state index < -0.39 is 5.92 Å². The van der Waals surface area contributed by atoms with Gasteiger partial charge in [0.25, 0.3) is 0 Å². The number of rotatable bonds is 5. The minimum atomic E-state index is -0.489. The van der Waals surface area contributed by atoms with E-state index >= 15 is 0 Å². The number of benzene rings is 2. The Labute approximate surface area is 161 Å². The van der Waals surface area contributed by atoms with E-state index in [0.29, 0.717) is 23.1 Å². The average molecular weight is 380 g/mol. The Morgan fingerprint density at radius 3 is 2.79 bits per heavy atom. The van der Waals surface area contributed by atoms with Crippen LogP contribution in [0.15, 0.2) is 42.5 Å². The number of para-hydroxylation sites is 2. The Bertz CT molecular complexity index is 1010. The van der Waals surface area contributed by atoms with Gasteiger partial charge in [-0.25, -0.2) is 4.98 Å². The van der Waals surface area contributed by atoms with E-state index in [-0.39, 0.29) is 24.8 Å². The van der Waals surface area contributed by atoms with Gasteiger partial charge in [0.15, 0.2) is 0 Å². The number of carbonyl (C=O) groups is 2. The molecule has 3 aromatic rings. The minimum absolute atomic E-state index is 0.117. The second-order valence-corrected chi connectivity index (χ2v) is 6.53. The van der Waals surface area contributed by atoms with E-state index in [2.05, 4.69) is 15.3 Å². The van der Waals surface area contributed by atoms with Crippen LogP contribution in [0.3, 0.4) is 0 Å². The number of anilines is 2. The van der Waals surface area contributed by atoms with E-state index in [4.69, 9.17) is 9.47 Å². The molecule has 4 rings (SSSR count). The first-order valence-electron chi connectivity index (χ1n) is 8.87. The fourth-order valence-electron chi connectivity index (χ4n) is 3.35. The molecule has 1 aliphatic heterocycles. The third-order valence-electron chi connectivity index (χ3n) is 4.80. The highest BCUT2D eigenvalue weighted by Crippen LogP contribution is 2.36. The molecule has 1 aromatic heterocycles. The van der Waals surface area contributed by atoms with Crippen LogP contribution in [0.2, 0.25) is 0 Å². The van der Waals surface area contributed by atoms with Crippen LogP contribution in [0.5, 0.6) is 11.5 Å². The van der Waals surface area contributed by atoms with E-state index in [0.717, 1.165) is 11.0 Å². The molecule has 0 saturated carbocycles. The number of nitrogens with one attached hydrogen (secondary N) is 2. The predicted octanol–water partition coefficient (Wildman–Crippen LogP) is 2.57. The number of imidazole rings is 1. The molecule has 2 N–H and O–H groups in total. The summed E-state index contributed by atoms with van der Waals surface area (Å²) in [5.41, 5.74) is 2.19. The van der Waals surface area contributed by atoms with E-state index in [9.17, 15) is 9.59 Å². The van der Waals surface area contributed by atoms with Crippen molar-refractivity contribution in [3.63, 3.8) is 0 Å². The number of hydrogen-bond donors (Lipinski definition) is 2. The Kier molecular flexibility index (Phi) is 4.60. The van der Waals surface area contributed by atoms with Gasteiger partial charge < -0.3 is 19.4 Å². The summed E-state index contributed by atoms with van der Waals surface area (Å²) in [5.74, 6) is 0.645. The van der Waals surface area contributed by atoms with Crippen molar-refractivity contribution in [3.8, 4) is 11.5 Å². The number of aromatic nitrogens is 2. The van der Waals surface area contributed by atoms with Gasteiger partial charge >= 0.3 is 0 Å². The molecule has 0 aliphatic carbocycles. The SMILES string of the molecule is COc1ccc(OC)c(N2C[C@H](C(=O)Nc3nc4ccccc4[nH]3)CC2=O)c1. The highest BCUT2D eigenvalue weighted by atomic mass is 16.5. The van der Waals surface area contributed by atoms with Crippen molar-refractivity contribution in [2.75, 3.05) is 31.0 Å². The van der Waals surface area contributed by atoms with Crippen molar-refractivity contribution >= 4 is 34.5 Å². The zero-order chi connectivity index (χ0) is 19.7. The molecule has 1 atom stereocenters. The van der Waals surface area contributed by atoms with Gasteiger partial charge in [0.05, 0.1) is 36.9 Å². The second-order valence-electron chi connectivity index (χ2n) is 6.53. The molecule has 8 nitrogen and oxygen atoms in total. The number of aromatic amines is 1. The third-order valence-corrected chi connectivity index (χ3v) is 4.80. The van der Waals surface area contributed by atoms with Crippen molar-refractivity contribution in [1.82, 2.24) is 9.97 Å². The summed E-state index contributed by atoms with van der Waals surface area (Å²) in [6, 6.07) is 12.7. The summed E-state index contributed by atoms with van der Waals surface area (Å²) in [7, 11) is 3.10. The van der Waals surface area contributed by atoms with Crippen molar-refractivity contribution in [3.05, 3.63) is 42.5 Å². The smallest absolute Gasteiger partial charge is 0.232 e. The lowest BCUT2D eigenvalue weighted by molar-refractivity contribution is -0.122. The van der Waals surface area contributed by atoms with Crippen LogP contribution < -0.4 is 19.7 Å². The molecule has 1 fully saturated rings. The van der Waals surface area contributed by atoms with Gasteiger partial charge in [0.1, 0.15) is 11.5 Å². The molecule has 0 unspecified atom stereocenters. The van der Waals surface area contributed by atoms with Crippen molar-refractivity contribution in [2.24, 2.45) is 5.92 Å². The topological polar surface area (TPSA) is 96.6 Å². The first kappa shape index (κ1) is 17.8. The van der Waals surface area contributed by atoms with Crippen molar-refractivity contribution in [2.45, 2.75) is 6.42 Å². The monoisotopic (exact) mass is 380 g/mol. The Morgan fingerprint density at radius 2 is 2.04 bits per heavy atom. The maximum Gasteiger partial charge on any atom is 0.232 e. The van der Waals surface area contributed by atoms with E-state index in [1.807, 2.05) is 24.3 Å². The third kappa shape index (κ3) is 3.24. The zero-order valence-electron chi connectivity index (χ0n) is 15.6. The highest BCUT2D eigenvalue weighted by molar-refractivity contribution is 6.04. The van der Waals surface area contributed by atoms with Gasteiger partial charge in [0, 0.05) is 19.0 Å². The summed E-state index contributed by atoms with van der Waals surface area (Å²) < 4.78 is 10.6. The lowest BCUT2D eigenvalue weighted by atomic mass is 10.1. The molecule has 28 heavy (non-hydrogen) atoms. The van der Waals surface area contributed by atoms with Crippen LogP contribution in [0.25, 0.3) is 11.0 Å². The van der Waals surface area contributed by atoms with E-state index in [1.165, 1.54) is 7.11 Å². The molecule has 1 saturated heterocycles. The summed E-state index contributed by atoms with van der Waals surface area (Å²) in [4.78, 5) is 34.2. The van der Waals surface area contributed by atoms with Crippen molar-refractivity contribution < 1.29 is 19.1 Å². The summed E-state index contributed by atoms with van der Waals surface area (Å²) in [6.07, 6.45) is 0.117. The number of ether oxygens (including phenoxy) is 2. The van der Waals surface area contributed by atoms with Gasteiger partial charge in [-0.3, -0.25) is 14.9 Å². The molecule has 2 aromatic carbocycles. The van der Waals surface area contributed by atoms with Crippen LogP contribution in [-0.2, 0) is 9.59 Å². The van der Waals surface area contributed by atoms with Crippen LogP contribution >= 0.6 is 0 Å². The maximum absolute atomic E-state index is 12.7. The first-order valence-corrected chi connectivity index (χ1v) is 8.87. The standard InChI is InChI=1S/C20H20N4O4/c1-27-13-7-8-17(28-2)16(10-13)24-11-12(9-18(24)25)19(26)23-20-21-14-5-3-4-6-15(14)22-20/h3-8,10,12H,9,11H2,1-2H3,(H2,21,22,23,26)/t12-/m1/s1. The molecular formula is C20H20N4O4. The minimum Gasteiger partial charge on any atom is -0.497 e. The number of fused-ring (bicyclic) bond motifs is 1. The molecule has 144 valence electrons. The number of methoxy groups -OCH3 is 2. The van der Waals surface area contributed by atoms with Crippen LogP contribution in [-0.4, -0.2) is 42.5 Å². The maximum atomic E-state index is 12.7. The Morgan fingerprint density at radius 1 is 1.21 bits per heavy atom. The predicted molar refractivity (Wildman–Crippen MR) is 105 cm³/mol. The Balaban J connectivity index is 1.52. The number of carbonyl (C=O) groups excluding carboxylic acids is 2. The summed E-state index contributed by atoms with van der Waals surface area (Å²) >= 11 is 0. The summed E-state index contributed by atoms with van der Waals surface area (Å²) in [6.45, 7) is 0.258. The summed E-state index contributed by atoms with van der Waals surface area (Å²) in [5, 5.41) is 2.78. The molecule has 8 heteroatoms. The lowest BCUT2D eigenvalue weighted by Gasteiger charge is -2.20. The molecule has 1 aliphatic rings. The van der Waals surface area contributed by atoms with Crippen LogP contribution in [0, 0.1) is 5.92 Å². The molecular weight excluding hydrogens is 360 g/mol. The Hall–Kier alpha value is -3.55.